The minimum atomic E-state index is -0.468. The number of hydrogen-bond donors (Lipinski definition) is 2. The van der Waals surface area contributed by atoms with Gasteiger partial charge in [0, 0.05) is 17.8 Å². The van der Waals surface area contributed by atoms with Crippen LogP contribution in [0.25, 0.3) is 0 Å². The first-order valence-corrected chi connectivity index (χ1v) is 5.45. The lowest BCUT2D eigenvalue weighted by molar-refractivity contribution is -0.384. The normalized spacial score (nSPS) is 17.9. The molecule has 0 bridgehead atoms. The van der Waals surface area contributed by atoms with E-state index in [-0.39, 0.29) is 30.0 Å². The molecule has 7 heteroatoms. The molecule has 98 valence electrons. The van der Waals surface area contributed by atoms with E-state index in [9.17, 15) is 14.9 Å². The number of nitro benzene ring substituents is 1. The third-order valence-corrected chi connectivity index (χ3v) is 2.72. The van der Waals surface area contributed by atoms with Gasteiger partial charge in [0.15, 0.2) is 0 Å². The van der Waals surface area contributed by atoms with Gasteiger partial charge in [-0.05, 0) is 31.5 Å². The fourth-order valence-electron chi connectivity index (χ4n) is 1.80. The Kier molecular flexibility index (Phi) is 5.06. The third kappa shape index (κ3) is 3.41. The average Bonchev–Trinajstić information content (AvgIpc) is 2.83. The van der Waals surface area contributed by atoms with Gasteiger partial charge in [-0.1, -0.05) is 0 Å². The van der Waals surface area contributed by atoms with E-state index in [2.05, 4.69) is 10.6 Å². The fraction of sp³-hybridized carbons (Fsp3) is 0.364. The number of rotatable bonds is 3. The van der Waals surface area contributed by atoms with Gasteiger partial charge in [-0.25, -0.2) is 0 Å². The minimum absolute atomic E-state index is 0. The Hall–Kier alpha value is -1.66. The summed E-state index contributed by atoms with van der Waals surface area (Å²) in [5, 5.41) is 16.3. The molecule has 1 aromatic rings. The molecule has 0 saturated carbocycles. The molecule has 18 heavy (non-hydrogen) atoms. The van der Waals surface area contributed by atoms with Crippen LogP contribution in [0, 0.1) is 10.1 Å². The highest BCUT2D eigenvalue weighted by Crippen LogP contribution is 2.16. The highest BCUT2D eigenvalue weighted by atomic mass is 35.5. The number of halogens is 1. The van der Waals surface area contributed by atoms with Crippen LogP contribution in [0.2, 0.25) is 0 Å². The largest absolute Gasteiger partial charge is 0.325 e. The van der Waals surface area contributed by atoms with Crippen LogP contribution in [0.4, 0.5) is 11.4 Å². The molecule has 1 aromatic carbocycles. The molecule has 2 N–H and O–H groups in total. The van der Waals surface area contributed by atoms with Gasteiger partial charge in [-0.3, -0.25) is 14.9 Å². The number of benzene rings is 1. The van der Waals surface area contributed by atoms with Crippen molar-refractivity contribution in [3.63, 3.8) is 0 Å². The molecule has 6 nitrogen and oxygen atoms in total. The van der Waals surface area contributed by atoms with Crippen molar-refractivity contribution in [2.75, 3.05) is 11.9 Å². The topological polar surface area (TPSA) is 84.3 Å². The lowest BCUT2D eigenvalue weighted by Crippen LogP contribution is -2.35. The number of nitrogens with one attached hydrogen (secondary N) is 2. The Bertz CT molecular complexity index is 430. The first kappa shape index (κ1) is 14.4. The summed E-state index contributed by atoms with van der Waals surface area (Å²) in [6.07, 6.45) is 1.83. The second kappa shape index (κ2) is 6.32. The van der Waals surface area contributed by atoms with Gasteiger partial charge in [0.05, 0.1) is 11.0 Å². The average molecular weight is 272 g/mol. The molecule has 1 saturated heterocycles. The van der Waals surface area contributed by atoms with Gasteiger partial charge in [-0.2, -0.15) is 0 Å². The Labute approximate surface area is 110 Å². The van der Waals surface area contributed by atoms with E-state index in [1.54, 1.807) is 0 Å². The maximum atomic E-state index is 11.7. The standard InChI is InChI=1S/C11H13N3O3.ClH/c15-11(10-2-1-7-12-10)13-8-3-5-9(6-4-8)14(16)17;/h3-6,10,12H,1-2,7H2,(H,13,15);1H. The summed E-state index contributed by atoms with van der Waals surface area (Å²) in [5.41, 5.74) is 0.594. The zero-order valence-electron chi connectivity index (χ0n) is 9.59. The Balaban J connectivity index is 0.00000162. The van der Waals surface area contributed by atoms with Crippen molar-refractivity contribution < 1.29 is 9.72 Å². The number of amides is 1. The molecule has 1 aliphatic rings. The van der Waals surface area contributed by atoms with E-state index in [1.807, 2.05) is 0 Å². The van der Waals surface area contributed by atoms with E-state index in [4.69, 9.17) is 0 Å². The number of carbonyl (C=O) groups excluding carboxylic acids is 1. The van der Waals surface area contributed by atoms with Crippen molar-refractivity contribution in [1.82, 2.24) is 5.32 Å². The van der Waals surface area contributed by atoms with Crippen LogP contribution >= 0.6 is 12.4 Å². The minimum Gasteiger partial charge on any atom is -0.325 e. The first-order valence-electron chi connectivity index (χ1n) is 5.45. The molecule has 1 aliphatic heterocycles. The summed E-state index contributed by atoms with van der Waals surface area (Å²) in [5.74, 6) is -0.0867. The van der Waals surface area contributed by atoms with Crippen molar-refractivity contribution in [2.45, 2.75) is 18.9 Å². The summed E-state index contributed by atoms with van der Waals surface area (Å²) in [7, 11) is 0. The predicted molar refractivity (Wildman–Crippen MR) is 70.0 cm³/mol. The number of nitro groups is 1. The lowest BCUT2D eigenvalue weighted by Gasteiger charge is -2.10. The van der Waals surface area contributed by atoms with Gasteiger partial charge in [-0.15, -0.1) is 12.4 Å². The van der Waals surface area contributed by atoms with Gasteiger partial charge >= 0.3 is 0 Å². The van der Waals surface area contributed by atoms with Gasteiger partial charge in [0.1, 0.15) is 0 Å². The molecular weight excluding hydrogens is 258 g/mol. The second-order valence-corrected chi connectivity index (χ2v) is 3.94. The Morgan fingerprint density at radius 3 is 2.56 bits per heavy atom. The van der Waals surface area contributed by atoms with Gasteiger partial charge < -0.3 is 10.6 Å². The first-order chi connectivity index (χ1) is 8.16. The van der Waals surface area contributed by atoms with Crippen LogP contribution in [0.5, 0.6) is 0 Å². The number of anilines is 1. The summed E-state index contributed by atoms with van der Waals surface area (Å²) in [6.45, 7) is 0.859. The van der Waals surface area contributed by atoms with E-state index < -0.39 is 4.92 Å². The molecule has 0 spiro atoms. The van der Waals surface area contributed by atoms with Crippen molar-refractivity contribution in [2.24, 2.45) is 0 Å². The third-order valence-electron chi connectivity index (χ3n) is 2.72. The highest BCUT2D eigenvalue weighted by molar-refractivity contribution is 5.95. The molecule has 1 unspecified atom stereocenters. The molecule has 1 heterocycles. The van der Waals surface area contributed by atoms with Crippen molar-refractivity contribution in [3.8, 4) is 0 Å². The van der Waals surface area contributed by atoms with E-state index in [1.165, 1.54) is 24.3 Å². The highest BCUT2D eigenvalue weighted by Gasteiger charge is 2.21. The van der Waals surface area contributed by atoms with Gasteiger partial charge in [0.25, 0.3) is 5.69 Å². The van der Waals surface area contributed by atoms with Crippen LogP contribution in [-0.2, 0) is 4.79 Å². The smallest absolute Gasteiger partial charge is 0.269 e. The summed E-state index contributed by atoms with van der Waals surface area (Å²) in [4.78, 5) is 21.7. The van der Waals surface area contributed by atoms with E-state index >= 15 is 0 Å². The number of hydrogen-bond acceptors (Lipinski definition) is 4. The molecule has 1 fully saturated rings. The monoisotopic (exact) mass is 271 g/mol. The summed E-state index contributed by atoms with van der Waals surface area (Å²) in [6, 6.07) is 5.66. The predicted octanol–water partition coefficient (Wildman–Crippen LogP) is 1.71. The molecule has 0 aromatic heterocycles. The SMILES string of the molecule is Cl.O=C(Nc1ccc([N+](=O)[O-])cc1)C1CCCN1. The quantitative estimate of drug-likeness (QED) is 0.647. The fourth-order valence-corrected chi connectivity index (χ4v) is 1.80. The lowest BCUT2D eigenvalue weighted by atomic mass is 10.2. The maximum absolute atomic E-state index is 11.7. The number of non-ortho nitro benzene ring substituents is 1. The van der Waals surface area contributed by atoms with Crippen LogP contribution in [-0.4, -0.2) is 23.4 Å². The van der Waals surface area contributed by atoms with E-state index in [0.29, 0.717) is 5.69 Å². The molecule has 2 rings (SSSR count). The summed E-state index contributed by atoms with van der Waals surface area (Å²) >= 11 is 0. The maximum Gasteiger partial charge on any atom is 0.269 e. The van der Waals surface area contributed by atoms with Gasteiger partial charge in [0.2, 0.25) is 5.91 Å². The second-order valence-electron chi connectivity index (χ2n) is 3.94. The Morgan fingerprint density at radius 1 is 1.39 bits per heavy atom. The van der Waals surface area contributed by atoms with Crippen LogP contribution < -0.4 is 10.6 Å². The Morgan fingerprint density at radius 2 is 2.06 bits per heavy atom. The van der Waals surface area contributed by atoms with Crippen molar-refractivity contribution in [3.05, 3.63) is 34.4 Å². The van der Waals surface area contributed by atoms with Crippen molar-refractivity contribution >= 4 is 29.7 Å². The zero-order chi connectivity index (χ0) is 12.3. The van der Waals surface area contributed by atoms with Crippen LogP contribution in [0.15, 0.2) is 24.3 Å². The van der Waals surface area contributed by atoms with Crippen LogP contribution in [0.3, 0.4) is 0 Å². The molecular formula is C11H14ClN3O3. The van der Waals surface area contributed by atoms with E-state index in [0.717, 1.165) is 19.4 Å². The van der Waals surface area contributed by atoms with Crippen molar-refractivity contribution in [1.29, 1.82) is 0 Å². The number of carbonyl (C=O) groups is 1. The molecule has 1 amide bonds. The molecule has 0 radical (unpaired) electrons. The molecule has 0 aliphatic carbocycles. The molecule has 1 atom stereocenters. The summed E-state index contributed by atoms with van der Waals surface area (Å²) < 4.78 is 0. The van der Waals surface area contributed by atoms with Crippen LogP contribution in [0.1, 0.15) is 12.8 Å². The zero-order valence-corrected chi connectivity index (χ0v) is 10.4. The number of nitrogens with zero attached hydrogens (tertiary/aromatic N) is 1.